The van der Waals surface area contributed by atoms with Crippen LogP contribution < -0.4 is 4.72 Å². The molecule has 0 amide bonds. The number of rotatable bonds is 6. The van der Waals surface area contributed by atoms with Gasteiger partial charge in [-0.15, -0.1) is 0 Å². The largest absolute Gasteiger partial charge is 0.480 e. The smallest absolute Gasteiger partial charge is 0.321 e. The minimum atomic E-state index is -4.02. The van der Waals surface area contributed by atoms with E-state index in [0.717, 1.165) is 0 Å². The molecule has 0 saturated carbocycles. The normalized spacial score (nSPS) is 13.2. The van der Waals surface area contributed by atoms with Crippen LogP contribution in [0.3, 0.4) is 0 Å². The van der Waals surface area contributed by atoms with Crippen LogP contribution >= 0.6 is 24.2 Å². The van der Waals surface area contributed by atoms with Gasteiger partial charge in [-0.05, 0) is 24.3 Å². The summed E-state index contributed by atoms with van der Waals surface area (Å²) >= 11 is 9.53. The molecule has 1 atom stereocenters. The molecule has 1 aromatic heterocycles. The summed E-state index contributed by atoms with van der Waals surface area (Å²) in [5.74, 6) is -1.03. The maximum absolute atomic E-state index is 11.9. The monoisotopic (exact) mass is 310 g/mol. The molecule has 0 aliphatic rings. The molecule has 1 rings (SSSR count). The second-order valence-corrected chi connectivity index (χ2v) is 5.80. The third-order valence-electron chi connectivity index (χ3n) is 2.03. The maximum atomic E-state index is 11.9. The van der Waals surface area contributed by atoms with Gasteiger partial charge in [0.2, 0.25) is 10.0 Å². The molecule has 100 valence electrons. The molecule has 9 heteroatoms. The van der Waals surface area contributed by atoms with Crippen LogP contribution in [0.25, 0.3) is 0 Å². The fraction of sp³-hybridized carbons (Fsp3) is 0.333. The zero-order valence-electron chi connectivity index (χ0n) is 9.08. The van der Waals surface area contributed by atoms with E-state index < -0.39 is 22.0 Å². The van der Waals surface area contributed by atoms with Crippen molar-refractivity contribution in [2.45, 2.75) is 17.4 Å². The van der Waals surface area contributed by atoms with Crippen LogP contribution in [0.4, 0.5) is 0 Å². The van der Waals surface area contributed by atoms with Crippen molar-refractivity contribution >= 4 is 40.2 Å². The summed E-state index contributed by atoms with van der Waals surface area (Å²) in [5.41, 5.74) is 0. The number of carboxylic acids is 1. The summed E-state index contributed by atoms with van der Waals surface area (Å²) in [6.07, 6.45) is 1.40. The molecule has 0 aliphatic carbocycles. The van der Waals surface area contributed by atoms with E-state index in [2.05, 4.69) is 22.3 Å². The lowest BCUT2D eigenvalue weighted by Crippen LogP contribution is -2.41. The summed E-state index contributed by atoms with van der Waals surface area (Å²) in [6.45, 7) is 0. The summed E-state index contributed by atoms with van der Waals surface area (Å²) in [6, 6.07) is 1.40. The van der Waals surface area contributed by atoms with Crippen LogP contribution in [-0.2, 0) is 14.8 Å². The van der Waals surface area contributed by atoms with Crippen LogP contribution in [0.2, 0.25) is 5.15 Å². The van der Waals surface area contributed by atoms with E-state index in [-0.39, 0.29) is 22.2 Å². The quantitative estimate of drug-likeness (QED) is 0.533. The van der Waals surface area contributed by atoms with Crippen molar-refractivity contribution < 1.29 is 18.3 Å². The Labute approximate surface area is 115 Å². The fourth-order valence-electron chi connectivity index (χ4n) is 1.18. The number of nitrogens with one attached hydrogen (secondary N) is 1. The standard InChI is InChI=1S/C9H11ClN2O4S2/c10-8-7(2-1-4-11-8)18(15,16)12-6(3-5-17)9(13)14/h1-2,4,6,12,17H,3,5H2,(H,13,14). The van der Waals surface area contributed by atoms with E-state index in [1.54, 1.807) is 0 Å². The predicted octanol–water partition coefficient (Wildman–Crippen LogP) is 0.786. The summed E-state index contributed by atoms with van der Waals surface area (Å²) in [5, 5.41) is 8.67. The summed E-state index contributed by atoms with van der Waals surface area (Å²) in [4.78, 5) is 14.2. The highest BCUT2D eigenvalue weighted by Gasteiger charge is 2.26. The first-order chi connectivity index (χ1) is 8.38. The van der Waals surface area contributed by atoms with Gasteiger partial charge in [0.1, 0.15) is 16.1 Å². The Morgan fingerprint density at radius 2 is 2.28 bits per heavy atom. The van der Waals surface area contributed by atoms with Crippen LogP contribution in [-0.4, -0.2) is 36.3 Å². The number of thiol groups is 1. The molecule has 0 spiro atoms. The lowest BCUT2D eigenvalue weighted by Gasteiger charge is -2.13. The first kappa shape index (κ1) is 15.2. The first-order valence-electron chi connectivity index (χ1n) is 4.85. The van der Waals surface area contributed by atoms with Gasteiger partial charge in [0.25, 0.3) is 0 Å². The second-order valence-electron chi connectivity index (χ2n) is 3.32. The van der Waals surface area contributed by atoms with E-state index in [9.17, 15) is 13.2 Å². The second kappa shape index (κ2) is 6.37. The number of pyridine rings is 1. The Bertz CT molecular complexity index is 535. The molecule has 6 nitrogen and oxygen atoms in total. The molecule has 0 aliphatic heterocycles. The van der Waals surface area contributed by atoms with Gasteiger partial charge in [-0.3, -0.25) is 4.79 Å². The van der Waals surface area contributed by atoms with Crippen LogP contribution in [0.15, 0.2) is 23.2 Å². The number of carboxylic acid groups (broad SMARTS) is 1. The molecular formula is C9H11ClN2O4S2. The highest BCUT2D eigenvalue weighted by atomic mass is 35.5. The predicted molar refractivity (Wildman–Crippen MR) is 69.5 cm³/mol. The SMILES string of the molecule is O=C(O)C(CCS)NS(=O)(=O)c1cccnc1Cl. The summed E-state index contributed by atoms with van der Waals surface area (Å²) < 4.78 is 25.9. The molecule has 0 fully saturated rings. The Balaban J connectivity index is 3.01. The molecule has 0 bridgehead atoms. The van der Waals surface area contributed by atoms with Gasteiger partial charge in [-0.25, -0.2) is 13.4 Å². The van der Waals surface area contributed by atoms with E-state index in [1.165, 1.54) is 18.3 Å². The number of hydrogen-bond acceptors (Lipinski definition) is 5. The molecule has 18 heavy (non-hydrogen) atoms. The molecule has 0 aromatic carbocycles. The third kappa shape index (κ3) is 3.84. The first-order valence-corrected chi connectivity index (χ1v) is 7.34. The van der Waals surface area contributed by atoms with Crippen molar-refractivity contribution in [2.75, 3.05) is 5.75 Å². The molecule has 0 saturated heterocycles. The minimum Gasteiger partial charge on any atom is -0.480 e. The van der Waals surface area contributed by atoms with Crippen molar-refractivity contribution in [1.82, 2.24) is 9.71 Å². The zero-order chi connectivity index (χ0) is 13.8. The lowest BCUT2D eigenvalue weighted by molar-refractivity contribution is -0.139. The zero-order valence-corrected chi connectivity index (χ0v) is 11.5. The van der Waals surface area contributed by atoms with Gasteiger partial charge >= 0.3 is 5.97 Å². The van der Waals surface area contributed by atoms with E-state index in [0.29, 0.717) is 0 Å². The van der Waals surface area contributed by atoms with Gasteiger partial charge in [-0.2, -0.15) is 17.4 Å². The van der Waals surface area contributed by atoms with Crippen LogP contribution in [0, 0.1) is 0 Å². The van der Waals surface area contributed by atoms with Crippen molar-refractivity contribution in [3.63, 3.8) is 0 Å². The molecule has 1 unspecified atom stereocenters. The average molecular weight is 311 g/mol. The van der Waals surface area contributed by atoms with Crippen molar-refractivity contribution in [2.24, 2.45) is 0 Å². The number of aliphatic carboxylic acids is 1. The number of sulfonamides is 1. The number of hydrogen-bond donors (Lipinski definition) is 3. The molecular weight excluding hydrogens is 300 g/mol. The molecule has 1 aromatic rings. The van der Waals surface area contributed by atoms with Crippen LogP contribution in [0.1, 0.15) is 6.42 Å². The van der Waals surface area contributed by atoms with E-state index in [4.69, 9.17) is 16.7 Å². The van der Waals surface area contributed by atoms with Gasteiger partial charge in [-0.1, -0.05) is 11.6 Å². The fourth-order valence-corrected chi connectivity index (χ4v) is 3.12. The van der Waals surface area contributed by atoms with Gasteiger partial charge in [0.05, 0.1) is 0 Å². The van der Waals surface area contributed by atoms with Gasteiger partial charge in [0.15, 0.2) is 0 Å². The van der Waals surface area contributed by atoms with Gasteiger partial charge in [0, 0.05) is 6.20 Å². The highest BCUT2D eigenvalue weighted by Crippen LogP contribution is 2.18. The Morgan fingerprint density at radius 1 is 1.61 bits per heavy atom. The number of nitrogens with zero attached hydrogens (tertiary/aromatic N) is 1. The van der Waals surface area contributed by atoms with Crippen molar-refractivity contribution in [1.29, 1.82) is 0 Å². The van der Waals surface area contributed by atoms with Crippen molar-refractivity contribution in [3.05, 3.63) is 23.5 Å². The van der Waals surface area contributed by atoms with Crippen molar-refractivity contribution in [3.8, 4) is 0 Å². The van der Waals surface area contributed by atoms with Crippen LogP contribution in [0.5, 0.6) is 0 Å². The Hall–Kier alpha value is -0.830. The minimum absolute atomic E-state index is 0.0650. The number of halogens is 1. The molecule has 2 N–H and O–H groups in total. The van der Waals surface area contributed by atoms with E-state index in [1.807, 2.05) is 0 Å². The summed E-state index contributed by atoms with van der Waals surface area (Å²) in [7, 11) is -4.02. The van der Waals surface area contributed by atoms with E-state index >= 15 is 0 Å². The maximum Gasteiger partial charge on any atom is 0.321 e. The number of carbonyl (C=O) groups is 1. The average Bonchev–Trinajstić information content (AvgIpc) is 2.28. The molecule has 0 radical (unpaired) electrons. The lowest BCUT2D eigenvalue weighted by atomic mass is 10.2. The molecule has 1 heterocycles. The Kier molecular flexibility index (Phi) is 5.39. The Morgan fingerprint density at radius 3 is 2.78 bits per heavy atom. The topological polar surface area (TPSA) is 96.4 Å². The van der Waals surface area contributed by atoms with Gasteiger partial charge < -0.3 is 5.11 Å². The third-order valence-corrected chi connectivity index (χ3v) is 4.20. The number of aromatic nitrogens is 1. The highest BCUT2D eigenvalue weighted by molar-refractivity contribution is 7.89.